The fourth-order valence-electron chi connectivity index (χ4n) is 2.05. The molecule has 2 rings (SSSR count). The van der Waals surface area contributed by atoms with Gasteiger partial charge in [0, 0.05) is 5.56 Å². The van der Waals surface area contributed by atoms with E-state index in [0.717, 1.165) is 17.7 Å². The average molecular weight is 314 g/mol. The van der Waals surface area contributed by atoms with Gasteiger partial charge in [0.2, 0.25) is 0 Å². The molecular formula is C17H18N2O4. The molecule has 23 heavy (non-hydrogen) atoms. The minimum absolute atomic E-state index is 0.0160. The van der Waals surface area contributed by atoms with Gasteiger partial charge < -0.3 is 15.3 Å². The lowest BCUT2D eigenvalue weighted by atomic mass is 10.0. The first-order chi connectivity index (χ1) is 10.9. The van der Waals surface area contributed by atoms with Gasteiger partial charge in [-0.1, -0.05) is 44.2 Å². The van der Waals surface area contributed by atoms with E-state index < -0.39 is 23.2 Å². The Labute approximate surface area is 133 Å². The third-order valence-corrected chi connectivity index (χ3v) is 3.23. The van der Waals surface area contributed by atoms with Crippen LogP contribution in [0.1, 0.15) is 29.8 Å². The molecule has 0 bridgehead atoms. The topological polar surface area (TPSA) is 102 Å². The van der Waals surface area contributed by atoms with Crippen LogP contribution >= 0.6 is 0 Å². The molecule has 0 saturated carbocycles. The van der Waals surface area contributed by atoms with Crippen molar-refractivity contribution in [2.75, 3.05) is 0 Å². The lowest BCUT2D eigenvalue weighted by Gasteiger charge is -2.11. The van der Waals surface area contributed by atoms with E-state index in [1.807, 2.05) is 44.2 Å². The molecule has 0 saturated heterocycles. The van der Waals surface area contributed by atoms with Gasteiger partial charge in [-0.05, 0) is 23.6 Å². The number of rotatable bonds is 4. The van der Waals surface area contributed by atoms with E-state index in [1.54, 1.807) is 0 Å². The Morgan fingerprint density at radius 1 is 1.00 bits per heavy atom. The summed E-state index contributed by atoms with van der Waals surface area (Å²) in [6, 6.07) is 11.5. The van der Waals surface area contributed by atoms with Crippen LogP contribution in [0.25, 0.3) is 0 Å². The number of carbonyl (C=O) groups is 1. The average Bonchev–Trinajstić information content (AvgIpc) is 2.52. The van der Waals surface area contributed by atoms with Crippen LogP contribution in [-0.4, -0.2) is 26.9 Å². The van der Waals surface area contributed by atoms with E-state index in [0.29, 0.717) is 5.71 Å². The van der Waals surface area contributed by atoms with Crippen molar-refractivity contribution in [2.24, 2.45) is 11.0 Å². The molecule has 0 aliphatic heterocycles. The van der Waals surface area contributed by atoms with Gasteiger partial charge in [-0.3, -0.25) is 4.79 Å². The zero-order valence-electron chi connectivity index (χ0n) is 12.8. The van der Waals surface area contributed by atoms with E-state index in [-0.39, 0.29) is 11.5 Å². The zero-order chi connectivity index (χ0) is 17.0. The summed E-state index contributed by atoms with van der Waals surface area (Å²) in [5.74, 6) is -2.35. The van der Waals surface area contributed by atoms with Gasteiger partial charge in [0.1, 0.15) is 0 Å². The second-order valence-electron chi connectivity index (χ2n) is 5.32. The molecule has 2 aromatic rings. The van der Waals surface area contributed by atoms with E-state index in [2.05, 4.69) is 10.5 Å². The number of phenols is 3. The van der Waals surface area contributed by atoms with Gasteiger partial charge in [0.25, 0.3) is 5.91 Å². The lowest BCUT2D eigenvalue weighted by Crippen LogP contribution is -2.22. The number of hydrogen-bond donors (Lipinski definition) is 4. The highest BCUT2D eigenvalue weighted by atomic mass is 16.3. The molecule has 4 N–H and O–H groups in total. The number of amides is 1. The summed E-state index contributed by atoms with van der Waals surface area (Å²) < 4.78 is 0. The van der Waals surface area contributed by atoms with Crippen molar-refractivity contribution in [3.8, 4) is 17.2 Å². The van der Waals surface area contributed by atoms with Crippen LogP contribution in [0.3, 0.4) is 0 Å². The summed E-state index contributed by atoms with van der Waals surface area (Å²) in [5.41, 5.74) is 3.97. The molecule has 120 valence electrons. The number of aromatic hydroxyl groups is 3. The smallest absolute Gasteiger partial charge is 0.271 e. The van der Waals surface area contributed by atoms with Crippen LogP contribution in [0.5, 0.6) is 17.2 Å². The summed E-state index contributed by atoms with van der Waals surface area (Å²) in [6.45, 7) is 3.91. The van der Waals surface area contributed by atoms with Crippen molar-refractivity contribution in [1.29, 1.82) is 0 Å². The summed E-state index contributed by atoms with van der Waals surface area (Å²) in [4.78, 5) is 12.1. The van der Waals surface area contributed by atoms with Crippen LogP contribution in [0.15, 0.2) is 47.6 Å². The second-order valence-corrected chi connectivity index (χ2v) is 5.32. The molecule has 1 amide bonds. The Hall–Kier alpha value is -3.02. The van der Waals surface area contributed by atoms with E-state index in [1.165, 1.54) is 0 Å². The van der Waals surface area contributed by atoms with Crippen molar-refractivity contribution in [3.05, 3.63) is 53.6 Å². The highest BCUT2D eigenvalue weighted by molar-refractivity contribution is 6.03. The Morgan fingerprint density at radius 2 is 1.57 bits per heavy atom. The fourth-order valence-corrected chi connectivity index (χ4v) is 2.05. The molecule has 6 nitrogen and oxygen atoms in total. The van der Waals surface area contributed by atoms with Gasteiger partial charge in [-0.25, -0.2) is 5.43 Å². The predicted octanol–water partition coefficient (Wildman–Crippen LogP) is 2.59. The monoisotopic (exact) mass is 314 g/mol. The maximum Gasteiger partial charge on any atom is 0.271 e. The van der Waals surface area contributed by atoms with Crippen molar-refractivity contribution in [2.45, 2.75) is 13.8 Å². The van der Waals surface area contributed by atoms with E-state index in [4.69, 9.17) is 0 Å². The Balaban J connectivity index is 2.25. The SMILES string of the molecule is CC(C)/C(=N\NC(=O)c1cc(O)c(O)c(O)c1)c1ccccc1. The van der Waals surface area contributed by atoms with Crippen LogP contribution in [0.4, 0.5) is 0 Å². The van der Waals surface area contributed by atoms with Crippen molar-refractivity contribution < 1.29 is 20.1 Å². The van der Waals surface area contributed by atoms with Crippen LogP contribution in [0.2, 0.25) is 0 Å². The first-order valence-electron chi connectivity index (χ1n) is 7.08. The Kier molecular flexibility index (Phi) is 4.85. The van der Waals surface area contributed by atoms with E-state index in [9.17, 15) is 20.1 Å². The number of hydrazone groups is 1. The molecule has 0 heterocycles. The maximum atomic E-state index is 12.1. The maximum absolute atomic E-state index is 12.1. The highest BCUT2D eigenvalue weighted by Crippen LogP contribution is 2.35. The third kappa shape index (κ3) is 3.79. The summed E-state index contributed by atoms with van der Waals surface area (Å²) >= 11 is 0. The number of nitrogens with one attached hydrogen (secondary N) is 1. The number of phenolic OH excluding ortho intramolecular Hbond substituents is 3. The minimum atomic E-state index is -0.669. The number of carbonyl (C=O) groups excluding carboxylic acids is 1. The molecule has 0 aliphatic carbocycles. The van der Waals surface area contributed by atoms with Gasteiger partial charge in [-0.15, -0.1) is 0 Å². The molecule has 2 aromatic carbocycles. The Bertz CT molecular complexity index is 717. The van der Waals surface area contributed by atoms with Gasteiger partial charge in [-0.2, -0.15) is 5.10 Å². The minimum Gasteiger partial charge on any atom is -0.504 e. The van der Waals surface area contributed by atoms with Crippen LogP contribution < -0.4 is 5.43 Å². The first-order valence-corrected chi connectivity index (χ1v) is 7.08. The molecule has 0 radical (unpaired) electrons. The number of hydrogen-bond acceptors (Lipinski definition) is 5. The Morgan fingerprint density at radius 3 is 2.09 bits per heavy atom. The second kappa shape index (κ2) is 6.83. The van der Waals surface area contributed by atoms with Gasteiger partial charge >= 0.3 is 0 Å². The number of benzene rings is 2. The number of nitrogens with zero attached hydrogens (tertiary/aromatic N) is 1. The molecule has 0 aromatic heterocycles. The van der Waals surface area contributed by atoms with Crippen molar-refractivity contribution in [1.82, 2.24) is 5.43 Å². The molecule has 0 unspecified atom stereocenters. The van der Waals surface area contributed by atoms with Crippen LogP contribution in [-0.2, 0) is 0 Å². The van der Waals surface area contributed by atoms with Crippen molar-refractivity contribution >= 4 is 11.6 Å². The van der Waals surface area contributed by atoms with Crippen LogP contribution in [0, 0.1) is 5.92 Å². The molecule has 0 fully saturated rings. The summed E-state index contributed by atoms with van der Waals surface area (Å²) in [5, 5.41) is 32.3. The molecule has 6 heteroatoms. The van der Waals surface area contributed by atoms with Crippen molar-refractivity contribution in [3.63, 3.8) is 0 Å². The summed E-state index contributed by atoms with van der Waals surface area (Å²) in [6.07, 6.45) is 0. The molecular weight excluding hydrogens is 296 g/mol. The van der Waals surface area contributed by atoms with Gasteiger partial charge in [0.05, 0.1) is 5.71 Å². The van der Waals surface area contributed by atoms with E-state index >= 15 is 0 Å². The fraction of sp³-hybridized carbons (Fsp3) is 0.176. The normalized spacial score (nSPS) is 11.5. The standard InChI is InChI=1S/C17H18N2O4/c1-10(2)15(11-6-4-3-5-7-11)18-19-17(23)12-8-13(20)16(22)14(21)9-12/h3-10,20-22H,1-2H3,(H,19,23)/b18-15+. The molecule has 0 aliphatic rings. The zero-order valence-corrected chi connectivity index (χ0v) is 12.8. The predicted molar refractivity (Wildman–Crippen MR) is 86.7 cm³/mol. The highest BCUT2D eigenvalue weighted by Gasteiger charge is 2.14. The quantitative estimate of drug-likeness (QED) is 0.396. The largest absolute Gasteiger partial charge is 0.504 e. The molecule has 0 atom stereocenters. The summed E-state index contributed by atoms with van der Waals surface area (Å²) in [7, 11) is 0. The molecule has 0 spiro atoms. The lowest BCUT2D eigenvalue weighted by molar-refractivity contribution is 0.0954. The third-order valence-electron chi connectivity index (χ3n) is 3.23. The first kappa shape index (κ1) is 16.4. The van der Waals surface area contributed by atoms with Gasteiger partial charge in [0.15, 0.2) is 17.2 Å².